The highest BCUT2D eigenvalue weighted by Crippen LogP contribution is 2.30. The van der Waals surface area contributed by atoms with Gasteiger partial charge in [-0.15, -0.1) is 0 Å². The molecule has 3 heteroatoms. The van der Waals surface area contributed by atoms with Crippen molar-refractivity contribution in [2.24, 2.45) is 11.8 Å². The van der Waals surface area contributed by atoms with Crippen molar-refractivity contribution in [1.82, 2.24) is 10.2 Å². The van der Waals surface area contributed by atoms with Gasteiger partial charge < -0.3 is 4.90 Å². The van der Waals surface area contributed by atoms with Crippen molar-refractivity contribution >= 4 is 5.91 Å². The van der Waals surface area contributed by atoms with Gasteiger partial charge >= 0.3 is 0 Å². The number of hydrogen-bond donors (Lipinski definition) is 1. The van der Waals surface area contributed by atoms with E-state index in [9.17, 15) is 4.79 Å². The molecule has 2 aliphatic rings. The molecule has 0 radical (unpaired) electrons. The van der Waals surface area contributed by atoms with E-state index in [1.807, 2.05) is 0 Å². The van der Waals surface area contributed by atoms with Crippen molar-refractivity contribution in [3.63, 3.8) is 0 Å². The van der Waals surface area contributed by atoms with Crippen LogP contribution in [0.15, 0.2) is 0 Å². The van der Waals surface area contributed by atoms with Crippen molar-refractivity contribution in [2.45, 2.75) is 65.1 Å². The Kier molecular flexibility index (Phi) is 4.08. The summed E-state index contributed by atoms with van der Waals surface area (Å²) in [4.78, 5) is 14.3. The fourth-order valence-electron chi connectivity index (χ4n) is 3.37. The van der Waals surface area contributed by atoms with E-state index < -0.39 is 0 Å². The molecule has 0 aromatic heterocycles. The Hall–Kier alpha value is -0.570. The van der Waals surface area contributed by atoms with Gasteiger partial charge in [0, 0.05) is 6.04 Å². The maximum absolute atomic E-state index is 12.1. The molecule has 2 fully saturated rings. The fourth-order valence-corrected chi connectivity index (χ4v) is 3.37. The van der Waals surface area contributed by atoms with Gasteiger partial charge in [-0.3, -0.25) is 10.1 Å². The summed E-state index contributed by atoms with van der Waals surface area (Å²) < 4.78 is 0. The van der Waals surface area contributed by atoms with E-state index in [0.717, 1.165) is 0 Å². The predicted molar refractivity (Wildman–Crippen MR) is 69.5 cm³/mol. The zero-order chi connectivity index (χ0) is 12.4. The van der Waals surface area contributed by atoms with Gasteiger partial charge in [-0.05, 0) is 24.7 Å². The predicted octanol–water partition coefficient (Wildman–Crippen LogP) is 2.37. The van der Waals surface area contributed by atoms with Crippen LogP contribution in [0.1, 0.15) is 52.9 Å². The van der Waals surface area contributed by atoms with Crippen LogP contribution in [0.2, 0.25) is 0 Å². The summed E-state index contributed by atoms with van der Waals surface area (Å²) in [7, 11) is 0. The normalized spacial score (nSPS) is 35.4. The molecule has 0 spiro atoms. The molecule has 1 aliphatic carbocycles. The van der Waals surface area contributed by atoms with E-state index in [-0.39, 0.29) is 6.17 Å². The number of rotatable bonds is 2. The molecule has 3 nitrogen and oxygen atoms in total. The van der Waals surface area contributed by atoms with Gasteiger partial charge in [0.05, 0.1) is 12.7 Å². The second-order valence-corrected chi connectivity index (χ2v) is 6.05. The lowest BCUT2D eigenvalue weighted by atomic mass is 9.94. The zero-order valence-electron chi connectivity index (χ0n) is 11.4. The van der Waals surface area contributed by atoms with E-state index in [1.165, 1.54) is 32.1 Å². The Bertz CT molecular complexity index is 277. The minimum absolute atomic E-state index is 0.257. The summed E-state index contributed by atoms with van der Waals surface area (Å²) in [6.07, 6.45) is 6.68. The van der Waals surface area contributed by atoms with Crippen LogP contribution in [-0.4, -0.2) is 29.6 Å². The topological polar surface area (TPSA) is 32.3 Å². The second-order valence-electron chi connectivity index (χ2n) is 6.05. The molecule has 3 unspecified atom stereocenters. The Morgan fingerprint density at radius 2 is 1.94 bits per heavy atom. The van der Waals surface area contributed by atoms with Gasteiger partial charge in [-0.25, -0.2) is 0 Å². The quantitative estimate of drug-likeness (QED) is 0.749. The molecular formula is C14H26N2O. The minimum Gasteiger partial charge on any atom is -0.323 e. The monoisotopic (exact) mass is 238 g/mol. The minimum atomic E-state index is 0.257. The summed E-state index contributed by atoms with van der Waals surface area (Å²) in [5.41, 5.74) is 0. The zero-order valence-corrected chi connectivity index (χ0v) is 11.4. The molecule has 1 saturated carbocycles. The molecule has 0 aromatic carbocycles. The Balaban J connectivity index is 2.14. The third kappa shape index (κ3) is 2.65. The number of nitrogens with one attached hydrogen (secondary N) is 1. The number of hydrogen-bond acceptors (Lipinski definition) is 2. The van der Waals surface area contributed by atoms with E-state index in [2.05, 4.69) is 31.0 Å². The third-order valence-corrected chi connectivity index (χ3v) is 4.36. The first-order valence-corrected chi connectivity index (χ1v) is 7.16. The van der Waals surface area contributed by atoms with Crippen molar-refractivity contribution in [3.8, 4) is 0 Å². The lowest BCUT2D eigenvalue weighted by Gasteiger charge is -2.37. The maximum atomic E-state index is 12.1. The highest BCUT2D eigenvalue weighted by atomic mass is 16.2. The van der Waals surface area contributed by atoms with Crippen molar-refractivity contribution in [3.05, 3.63) is 0 Å². The Labute approximate surface area is 105 Å². The average Bonchev–Trinajstić information content (AvgIpc) is 2.52. The summed E-state index contributed by atoms with van der Waals surface area (Å²) in [5, 5.41) is 3.37. The number of carbonyl (C=O) groups is 1. The second kappa shape index (κ2) is 5.38. The molecule has 1 N–H and O–H groups in total. The van der Waals surface area contributed by atoms with E-state index in [0.29, 0.717) is 30.3 Å². The summed E-state index contributed by atoms with van der Waals surface area (Å²) >= 11 is 0. The molecule has 1 amide bonds. The number of carbonyl (C=O) groups excluding carboxylic acids is 1. The van der Waals surface area contributed by atoms with Gasteiger partial charge in [-0.2, -0.15) is 0 Å². The van der Waals surface area contributed by atoms with Crippen molar-refractivity contribution in [1.29, 1.82) is 0 Å². The Morgan fingerprint density at radius 3 is 2.65 bits per heavy atom. The average molecular weight is 238 g/mol. The smallest absolute Gasteiger partial charge is 0.238 e. The number of amides is 1. The maximum Gasteiger partial charge on any atom is 0.238 e. The summed E-state index contributed by atoms with van der Waals surface area (Å²) in [6, 6.07) is 0.465. The lowest BCUT2D eigenvalue weighted by molar-refractivity contribution is -0.132. The lowest BCUT2D eigenvalue weighted by Crippen LogP contribution is -2.49. The van der Waals surface area contributed by atoms with Gasteiger partial charge in [-0.1, -0.05) is 40.0 Å². The van der Waals surface area contributed by atoms with Crippen LogP contribution in [0.3, 0.4) is 0 Å². The SMILES string of the molecule is CC(C)C1NCC(=O)N1C1CCCCCC1C. The van der Waals surface area contributed by atoms with Gasteiger partial charge in [0.15, 0.2) is 0 Å². The van der Waals surface area contributed by atoms with Crippen LogP contribution in [0.5, 0.6) is 0 Å². The molecule has 0 aromatic rings. The van der Waals surface area contributed by atoms with Gasteiger partial charge in [0.2, 0.25) is 5.91 Å². The molecular weight excluding hydrogens is 212 g/mol. The van der Waals surface area contributed by atoms with Gasteiger partial charge in [0.1, 0.15) is 0 Å². The van der Waals surface area contributed by atoms with Crippen LogP contribution < -0.4 is 5.32 Å². The molecule has 1 saturated heterocycles. The molecule has 1 heterocycles. The summed E-state index contributed by atoms with van der Waals surface area (Å²) in [5.74, 6) is 1.46. The first kappa shape index (κ1) is 12.9. The van der Waals surface area contributed by atoms with Crippen LogP contribution in [-0.2, 0) is 4.79 Å². The molecule has 2 rings (SSSR count). The van der Waals surface area contributed by atoms with Crippen molar-refractivity contribution < 1.29 is 4.79 Å². The van der Waals surface area contributed by atoms with Gasteiger partial charge in [0.25, 0.3) is 0 Å². The standard InChI is InChI=1S/C14H26N2O/c1-10(2)14-15-9-13(17)16(14)12-8-6-4-5-7-11(12)3/h10-12,14-15H,4-9H2,1-3H3. The first-order valence-electron chi connectivity index (χ1n) is 7.16. The van der Waals surface area contributed by atoms with E-state index >= 15 is 0 Å². The highest BCUT2D eigenvalue weighted by molar-refractivity contribution is 5.81. The van der Waals surface area contributed by atoms with Crippen LogP contribution >= 0.6 is 0 Å². The molecule has 1 aliphatic heterocycles. The van der Waals surface area contributed by atoms with E-state index in [4.69, 9.17) is 0 Å². The van der Waals surface area contributed by atoms with E-state index in [1.54, 1.807) is 0 Å². The molecule has 17 heavy (non-hydrogen) atoms. The highest BCUT2D eigenvalue weighted by Gasteiger charge is 2.39. The fraction of sp³-hybridized carbons (Fsp3) is 0.929. The van der Waals surface area contributed by atoms with Crippen LogP contribution in [0.4, 0.5) is 0 Å². The number of nitrogens with zero attached hydrogens (tertiary/aromatic N) is 1. The first-order chi connectivity index (χ1) is 8.11. The van der Waals surface area contributed by atoms with Crippen LogP contribution in [0.25, 0.3) is 0 Å². The van der Waals surface area contributed by atoms with Crippen molar-refractivity contribution in [2.75, 3.05) is 6.54 Å². The van der Waals surface area contributed by atoms with Crippen LogP contribution in [0, 0.1) is 11.8 Å². The molecule has 0 bridgehead atoms. The third-order valence-electron chi connectivity index (χ3n) is 4.36. The largest absolute Gasteiger partial charge is 0.323 e. The molecule has 98 valence electrons. The summed E-state index contributed by atoms with van der Waals surface area (Å²) in [6.45, 7) is 7.25. The Morgan fingerprint density at radius 1 is 1.24 bits per heavy atom. The molecule has 3 atom stereocenters.